The maximum Gasteiger partial charge on any atom is 0.230 e. The van der Waals surface area contributed by atoms with Gasteiger partial charge >= 0.3 is 0 Å². The molecule has 3 aromatic carbocycles. The van der Waals surface area contributed by atoms with Crippen molar-refractivity contribution in [2.75, 3.05) is 17.2 Å². The average molecular weight is 455 g/mol. The molecule has 1 N–H and O–H groups in total. The summed E-state index contributed by atoms with van der Waals surface area (Å²) in [5.41, 5.74) is 5.94. The van der Waals surface area contributed by atoms with E-state index in [-0.39, 0.29) is 5.91 Å². The van der Waals surface area contributed by atoms with Gasteiger partial charge in [-0.15, -0.1) is 0 Å². The molecule has 0 saturated carbocycles. The van der Waals surface area contributed by atoms with Gasteiger partial charge in [-0.1, -0.05) is 84.1 Å². The van der Waals surface area contributed by atoms with E-state index >= 15 is 0 Å². The first-order chi connectivity index (χ1) is 16.2. The van der Waals surface area contributed by atoms with Crippen LogP contribution < -0.4 is 10.2 Å². The summed E-state index contributed by atoms with van der Waals surface area (Å²) in [4.78, 5) is 24.5. The van der Waals surface area contributed by atoms with Crippen LogP contribution in [0.3, 0.4) is 0 Å². The van der Waals surface area contributed by atoms with Crippen molar-refractivity contribution >= 4 is 34.5 Å². The van der Waals surface area contributed by atoms with Gasteiger partial charge in [-0.3, -0.25) is 4.79 Å². The molecule has 0 bridgehead atoms. The van der Waals surface area contributed by atoms with Crippen molar-refractivity contribution in [2.24, 2.45) is 0 Å². The first kappa shape index (κ1) is 21.5. The Hall–Kier alpha value is -3.38. The molecule has 166 valence electrons. The number of nitrogens with one attached hydrogen (secondary N) is 1. The van der Waals surface area contributed by atoms with Crippen molar-refractivity contribution in [1.29, 1.82) is 0 Å². The van der Waals surface area contributed by atoms with E-state index < -0.39 is 0 Å². The molecule has 0 atom stereocenters. The molecule has 4 aromatic rings. The van der Waals surface area contributed by atoms with Crippen molar-refractivity contribution in [1.82, 2.24) is 15.3 Å². The van der Waals surface area contributed by atoms with Gasteiger partial charge < -0.3 is 10.2 Å². The summed E-state index contributed by atoms with van der Waals surface area (Å²) in [6.45, 7) is 4.27. The van der Waals surface area contributed by atoms with Crippen molar-refractivity contribution in [3.8, 4) is 0 Å². The zero-order valence-corrected chi connectivity index (χ0v) is 19.4. The Morgan fingerprint density at radius 3 is 2.58 bits per heavy atom. The quantitative estimate of drug-likeness (QED) is 0.331. The van der Waals surface area contributed by atoms with E-state index in [9.17, 15) is 4.79 Å². The zero-order chi connectivity index (χ0) is 22.6. The van der Waals surface area contributed by atoms with Gasteiger partial charge in [-0.25, -0.2) is 9.97 Å². The van der Waals surface area contributed by atoms with Gasteiger partial charge in [0.25, 0.3) is 0 Å². The van der Waals surface area contributed by atoms with Crippen molar-refractivity contribution < 1.29 is 4.79 Å². The number of amides is 1. The van der Waals surface area contributed by atoms with E-state index in [1.54, 1.807) is 0 Å². The lowest BCUT2D eigenvalue weighted by molar-refractivity contribution is -0.118. The van der Waals surface area contributed by atoms with Gasteiger partial charge in [0.05, 0.1) is 11.3 Å². The lowest BCUT2D eigenvalue weighted by Gasteiger charge is -2.29. The molecule has 1 amide bonds. The molecule has 1 aliphatic rings. The second-order valence-electron chi connectivity index (χ2n) is 8.34. The van der Waals surface area contributed by atoms with Crippen molar-refractivity contribution in [3.63, 3.8) is 0 Å². The summed E-state index contributed by atoms with van der Waals surface area (Å²) >= 11 is 1.47. The topological polar surface area (TPSA) is 58.1 Å². The summed E-state index contributed by atoms with van der Waals surface area (Å²) in [7, 11) is 0. The number of nitrogens with zero attached hydrogens (tertiary/aromatic N) is 3. The summed E-state index contributed by atoms with van der Waals surface area (Å²) in [6.07, 6.45) is 0.982. The van der Waals surface area contributed by atoms with Crippen LogP contribution >= 0.6 is 11.8 Å². The number of hydrogen-bond acceptors (Lipinski definition) is 5. The lowest BCUT2D eigenvalue weighted by atomic mass is 10.0. The number of carbonyl (C=O) groups is 1. The highest BCUT2D eigenvalue weighted by atomic mass is 32.2. The fourth-order valence-electron chi connectivity index (χ4n) is 4.05. The molecule has 1 aliphatic heterocycles. The van der Waals surface area contributed by atoms with E-state index in [0.717, 1.165) is 47.0 Å². The molecule has 6 heteroatoms. The normalized spacial score (nSPS) is 13.1. The number of hydrogen-bond donors (Lipinski definition) is 1. The minimum Gasteiger partial charge on any atom is -0.351 e. The monoisotopic (exact) mass is 454 g/mol. The minimum absolute atomic E-state index is 0.00304. The van der Waals surface area contributed by atoms with Crippen molar-refractivity contribution in [2.45, 2.75) is 31.5 Å². The number of aromatic nitrogens is 2. The maximum atomic E-state index is 12.5. The van der Waals surface area contributed by atoms with Crippen LogP contribution in [0.2, 0.25) is 0 Å². The van der Waals surface area contributed by atoms with Crippen LogP contribution in [0.1, 0.15) is 22.3 Å². The minimum atomic E-state index is -0.00304. The number of thioether (sulfide) groups is 1. The SMILES string of the molecule is Cc1ccc(CNC(=O)CSc2nc(N3CCc4ccccc4C3)nc3ccccc23)cc1. The third-order valence-corrected chi connectivity index (χ3v) is 6.91. The van der Waals surface area contributed by atoms with Gasteiger partial charge in [0, 0.05) is 25.0 Å². The van der Waals surface area contributed by atoms with Crippen LogP contribution in [0.25, 0.3) is 10.9 Å². The number of fused-ring (bicyclic) bond motifs is 2. The van der Waals surface area contributed by atoms with Crippen LogP contribution in [-0.4, -0.2) is 28.2 Å². The Balaban J connectivity index is 1.31. The van der Waals surface area contributed by atoms with E-state index in [4.69, 9.17) is 9.97 Å². The Bertz CT molecular complexity index is 1290. The van der Waals surface area contributed by atoms with E-state index in [1.807, 2.05) is 36.4 Å². The van der Waals surface area contributed by atoms with E-state index in [1.165, 1.54) is 28.5 Å². The van der Waals surface area contributed by atoms with Crippen LogP contribution in [0.4, 0.5) is 5.95 Å². The molecule has 5 rings (SSSR count). The molecule has 1 aromatic heterocycles. The highest BCUT2D eigenvalue weighted by molar-refractivity contribution is 8.00. The van der Waals surface area contributed by atoms with Gasteiger partial charge in [-0.05, 0) is 36.1 Å². The Morgan fingerprint density at radius 1 is 0.970 bits per heavy atom. The second kappa shape index (κ2) is 9.63. The van der Waals surface area contributed by atoms with Gasteiger partial charge in [0.2, 0.25) is 11.9 Å². The first-order valence-corrected chi connectivity index (χ1v) is 12.2. The van der Waals surface area contributed by atoms with Gasteiger partial charge in [-0.2, -0.15) is 0 Å². The standard InChI is InChI=1S/C27H26N4OS/c1-19-10-12-20(13-11-19)16-28-25(32)18-33-26-23-8-4-5-9-24(23)29-27(30-26)31-15-14-21-6-2-3-7-22(21)17-31/h2-13H,14-18H2,1H3,(H,28,32). The fraction of sp³-hybridized carbons (Fsp3) is 0.222. The molecular formula is C27H26N4OS. The van der Waals surface area contributed by atoms with E-state index in [0.29, 0.717) is 12.3 Å². The van der Waals surface area contributed by atoms with Crippen molar-refractivity contribution in [3.05, 3.63) is 95.1 Å². The molecule has 2 heterocycles. The summed E-state index contributed by atoms with van der Waals surface area (Å²) in [6, 6.07) is 24.8. The first-order valence-electron chi connectivity index (χ1n) is 11.2. The van der Waals surface area contributed by atoms with Crippen LogP contribution in [0, 0.1) is 6.92 Å². The van der Waals surface area contributed by atoms with Gasteiger partial charge in [0.15, 0.2) is 0 Å². The molecular weight excluding hydrogens is 428 g/mol. The summed E-state index contributed by atoms with van der Waals surface area (Å²) < 4.78 is 0. The number of para-hydroxylation sites is 1. The number of rotatable bonds is 6. The maximum absolute atomic E-state index is 12.5. The molecule has 33 heavy (non-hydrogen) atoms. The third kappa shape index (κ3) is 5.01. The number of carbonyl (C=O) groups excluding carboxylic acids is 1. The Kier molecular flexibility index (Phi) is 6.26. The predicted molar refractivity (Wildman–Crippen MR) is 134 cm³/mol. The van der Waals surface area contributed by atoms with Crippen LogP contribution in [-0.2, 0) is 24.3 Å². The molecule has 0 spiro atoms. The summed E-state index contributed by atoms with van der Waals surface area (Å²) in [5, 5.41) is 4.84. The highest BCUT2D eigenvalue weighted by Crippen LogP contribution is 2.29. The molecule has 0 unspecified atom stereocenters. The smallest absolute Gasteiger partial charge is 0.230 e. The predicted octanol–water partition coefficient (Wildman–Crippen LogP) is 4.91. The van der Waals surface area contributed by atoms with E-state index in [2.05, 4.69) is 53.5 Å². The molecule has 0 saturated heterocycles. The zero-order valence-electron chi connectivity index (χ0n) is 18.6. The molecule has 5 nitrogen and oxygen atoms in total. The van der Waals surface area contributed by atoms with Crippen LogP contribution in [0.15, 0.2) is 77.8 Å². The molecule has 0 radical (unpaired) electrons. The highest BCUT2D eigenvalue weighted by Gasteiger charge is 2.20. The average Bonchev–Trinajstić information content (AvgIpc) is 2.86. The number of anilines is 1. The summed E-state index contributed by atoms with van der Waals surface area (Å²) in [5.74, 6) is 1.04. The Morgan fingerprint density at radius 2 is 1.73 bits per heavy atom. The second-order valence-corrected chi connectivity index (χ2v) is 9.30. The lowest BCUT2D eigenvalue weighted by Crippen LogP contribution is -2.31. The Labute approximate surface area is 198 Å². The van der Waals surface area contributed by atoms with Gasteiger partial charge in [0.1, 0.15) is 5.03 Å². The largest absolute Gasteiger partial charge is 0.351 e. The molecule has 0 aliphatic carbocycles. The number of aryl methyl sites for hydroxylation is 1. The fourth-order valence-corrected chi connectivity index (χ4v) is 4.89. The number of benzene rings is 3. The molecule has 0 fully saturated rings. The third-order valence-electron chi connectivity index (χ3n) is 5.92. The van der Waals surface area contributed by atoms with Crippen LogP contribution in [0.5, 0.6) is 0 Å².